The summed E-state index contributed by atoms with van der Waals surface area (Å²) in [5.74, 6) is 1.22. The molecule has 1 aromatic carbocycles. The zero-order valence-corrected chi connectivity index (χ0v) is 12.0. The van der Waals surface area contributed by atoms with Crippen molar-refractivity contribution in [1.82, 2.24) is 0 Å². The number of hydrogen-bond donors (Lipinski definition) is 0. The molecule has 0 N–H and O–H groups in total. The number of methoxy groups -OCH3 is 2. The van der Waals surface area contributed by atoms with Gasteiger partial charge in [0.15, 0.2) is 11.5 Å². The number of ether oxygens (including phenoxy) is 2. The zero-order chi connectivity index (χ0) is 14.0. The molecule has 5 heteroatoms. The second-order valence-electron chi connectivity index (χ2n) is 4.68. The van der Waals surface area contributed by atoms with E-state index in [0.29, 0.717) is 16.5 Å². The van der Waals surface area contributed by atoms with E-state index < -0.39 is 5.54 Å². The minimum atomic E-state index is -0.539. The topological polar surface area (TPSA) is 47.9 Å². The Morgan fingerprint density at radius 1 is 1.37 bits per heavy atom. The number of halogens is 1. The molecule has 0 bridgehead atoms. The lowest BCUT2D eigenvalue weighted by Gasteiger charge is -2.39. The third kappa shape index (κ3) is 2.11. The van der Waals surface area contributed by atoms with Crippen molar-refractivity contribution in [3.63, 3.8) is 0 Å². The van der Waals surface area contributed by atoms with Crippen molar-refractivity contribution in [2.24, 2.45) is 4.99 Å². The van der Waals surface area contributed by atoms with Gasteiger partial charge in [0.25, 0.3) is 0 Å². The molecule has 0 spiro atoms. The van der Waals surface area contributed by atoms with Crippen LogP contribution in [0.1, 0.15) is 30.4 Å². The van der Waals surface area contributed by atoms with Crippen LogP contribution in [-0.4, -0.2) is 20.3 Å². The minimum Gasteiger partial charge on any atom is -0.493 e. The van der Waals surface area contributed by atoms with Crippen LogP contribution in [-0.2, 0) is 10.3 Å². The van der Waals surface area contributed by atoms with Crippen molar-refractivity contribution >= 4 is 17.7 Å². The Bertz CT molecular complexity index is 546. The molecule has 1 saturated carbocycles. The number of benzene rings is 1. The van der Waals surface area contributed by atoms with E-state index in [-0.39, 0.29) is 0 Å². The summed E-state index contributed by atoms with van der Waals surface area (Å²) in [7, 11) is 3.15. The van der Waals surface area contributed by atoms with Crippen LogP contribution in [0.2, 0.25) is 5.02 Å². The highest BCUT2D eigenvalue weighted by Gasteiger charge is 2.42. The van der Waals surface area contributed by atoms with Gasteiger partial charge < -0.3 is 9.47 Å². The molecule has 0 radical (unpaired) electrons. The van der Waals surface area contributed by atoms with Gasteiger partial charge in [-0.2, -0.15) is 4.99 Å². The van der Waals surface area contributed by atoms with Crippen LogP contribution in [0, 0.1) is 6.92 Å². The first-order valence-corrected chi connectivity index (χ1v) is 6.48. The number of aliphatic imine (C=N–C) groups is 1. The van der Waals surface area contributed by atoms with Crippen LogP contribution >= 0.6 is 11.6 Å². The lowest BCUT2D eigenvalue weighted by atomic mass is 9.71. The van der Waals surface area contributed by atoms with Gasteiger partial charge in [-0.3, -0.25) is 0 Å². The Morgan fingerprint density at radius 3 is 2.47 bits per heavy atom. The lowest BCUT2D eigenvalue weighted by molar-refractivity contribution is 0.253. The summed E-state index contributed by atoms with van der Waals surface area (Å²) in [4.78, 5) is 14.7. The summed E-state index contributed by atoms with van der Waals surface area (Å²) in [5, 5.41) is 0.550. The highest BCUT2D eigenvalue weighted by Crippen LogP contribution is 2.51. The molecule has 0 aromatic heterocycles. The van der Waals surface area contributed by atoms with Crippen LogP contribution in [0.25, 0.3) is 0 Å². The summed E-state index contributed by atoms with van der Waals surface area (Å²) < 4.78 is 10.6. The second kappa shape index (κ2) is 5.24. The number of rotatable bonds is 4. The molecular formula is C14H16ClNO3. The van der Waals surface area contributed by atoms with Gasteiger partial charge in [0.1, 0.15) is 5.54 Å². The average molecular weight is 282 g/mol. The second-order valence-corrected chi connectivity index (χ2v) is 5.09. The van der Waals surface area contributed by atoms with Crippen molar-refractivity contribution < 1.29 is 14.3 Å². The molecule has 1 aliphatic carbocycles. The summed E-state index contributed by atoms with van der Waals surface area (Å²) >= 11 is 6.35. The van der Waals surface area contributed by atoms with Gasteiger partial charge in [0, 0.05) is 17.2 Å². The Labute approximate surface area is 117 Å². The maximum absolute atomic E-state index is 10.7. The quantitative estimate of drug-likeness (QED) is 0.628. The molecule has 4 nitrogen and oxygen atoms in total. The first kappa shape index (κ1) is 13.9. The third-order valence-electron chi connectivity index (χ3n) is 3.77. The van der Waals surface area contributed by atoms with E-state index in [4.69, 9.17) is 21.1 Å². The molecule has 19 heavy (non-hydrogen) atoms. The van der Waals surface area contributed by atoms with E-state index in [1.54, 1.807) is 26.4 Å². The van der Waals surface area contributed by atoms with Crippen LogP contribution in [0.15, 0.2) is 11.1 Å². The monoisotopic (exact) mass is 281 g/mol. The number of carbonyl (C=O) groups excluding carboxylic acids is 1. The van der Waals surface area contributed by atoms with Gasteiger partial charge in [-0.15, -0.1) is 0 Å². The molecule has 1 aliphatic rings. The predicted molar refractivity (Wildman–Crippen MR) is 72.9 cm³/mol. The van der Waals surface area contributed by atoms with Gasteiger partial charge in [-0.25, -0.2) is 4.79 Å². The van der Waals surface area contributed by atoms with Crippen LogP contribution in [0.4, 0.5) is 0 Å². The van der Waals surface area contributed by atoms with Gasteiger partial charge in [0.05, 0.1) is 19.2 Å². The minimum absolute atomic E-state index is 0.539. The first-order chi connectivity index (χ1) is 9.09. The first-order valence-electron chi connectivity index (χ1n) is 6.10. The molecular weight excluding hydrogens is 266 g/mol. The molecule has 1 fully saturated rings. The van der Waals surface area contributed by atoms with Gasteiger partial charge in [-0.05, 0) is 26.2 Å². The van der Waals surface area contributed by atoms with Crippen LogP contribution in [0.3, 0.4) is 0 Å². The summed E-state index contributed by atoms with van der Waals surface area (Å²) in [6, 6.07) is 1.71. The third-order valence-corrected chi connectivity index (χ3v) is 4.06. The maximum atomic E-state index is 10.7. The summed E-state index contributed by atoms with van der Waals surface area (Å²) in [5.41, 5.74) is 1.18. The smallest absolute Gasteiger partial charge is 0.235 e. The number of nitrogens with zero attached hydrogens (tertiary/aromatic N) is 1. The van der Waals surface area contributed by atoms with E-state index in [9.17, 15) is 4.79 Å². The molecule has 0 aliphatic heterocycles. The van der Waals surface area contributed by atoms with Crippen molar-refractivity contribution in [2.45, 2.75) is 31.7 Å². The Hall–Kier alpha value is -1.51. The van der Waals surface area contributed by atoms with E-state index in [1.165, 1.54) is 0 Å². The average Bonchev–Trinajstić information content (AvgIpc) is 2.34. The molecule has 102 valence electrons. The number of isocyanates is 1. The van der Waals surface area contributed by atoms with E-state index in [2.05, 4.69) is 4.99 Å². The van der Waals surface area contributed by atoms with E-state index in [1.807, 2.05) is 6.92 Å². The predicted octanol–water partition coefficient (Wildman–Crippen LogP) is 3.38. The van der Waals surface area contributed by atoms with E-state index >= 15 is 0 Å². The van der Waals surface area contributed by atoms with Crippen LogP contribution < -0.4 is 9.47 Å². The molecule has 0 atom stereocenters. The largest absolute Gasteiger partial charge is 0.493 e. The Balaban J connectivity index is 2.67. The van der Waals surface area contributed by atoms with Crippen molar-refractivity contribution in [3.05, 3.63) is 22.2 Å². The Morgan fingerprint density at radius 2 is 2.05 bits per heavy atom. The SMILES string of the molecule is COc1cc(Cl)c(C2(N=C=O)CCC2)c(C)c1OC. The molecule has 1 aromatic rings. The van der Waals surface area contributed by atoms with Crippen molar-refractivity contribution in [2.75, 3.05) is 14.2 Å². The summed E-state index contributed by atoms with van der Waals surface area (Å²) in [6.07, 6.45) is 4.30. The normalized spacial score (nSPS) is 16.2. The standard InChI is InChI=1S/C14H16ClNO3/c1-9-12(14(16-8-17)5-4-6-14)10(15)7-11(18-2)13(9)19-3/h7H,4-6H2,1-3H3. The molecule has 0 amide bonds. The fourth-order valence-electron chi connectivity index (χ4n) is 2.72. The molecule has 2 rings (SSSR count). The molecule has 0 unspecified atom stereocenters. The van der Waals surface area contributed by atoms with E-state index in [0.717, 1.165) is 30.4 Å². The number of hydrogen-bond acceptors (Lipinski definition) is 4. The fourth-order valence-corrected chi connectivity index (χ4v) is 3.14. The molecule has 0 heterocycles. The highest BCUT2D eigenvalue weighted by atomic mass is 35.5. The summed E-state index contributed by atoms with van der Waals surface area (Å²) in [6.45, 7) is 1.91. The Kier molecular flexibility index (Phi) is 3.83. The molecule has 0 saturated heterocycles. The van der Waals surface area contributed by atoms with Crippen LogP contribution in [0.5, 0.6) is 11.5 Å². The van der Waals surface area contributed by atoms with Crippen molar-refractivity contribution in [1.29, 1.82) is 0 Å². The van der Waals surface area contributed by atoms with Gasteiger partial charge in [0.2, 0.25) is 6.08 Å². The van der Waals surface area contributed by atoms with Gasteiger partial charge in [-0.1, -0.05) is 11.6 Å². The maximum Gasteiger partial charge on any atom is 0.235 e. The lowest BCUT2D eigenvalue weighted by Crippen LogP contribution is -2.33. The fraction of sp³-hybridized carbons (Fsp3) is 0.500. The zero-order valence-electron chi connectivity index (χ0n) is 11.2. The van der Waals surface area contributed by atoms with Gasteiger partial charge >= 0.3 is 0 Å². The highest BCUT2D eigenvalue weighted by molar-refractivity contribution is 6.31. The van der Waals surface area contributed by atoms with Crippen molar-refractivity contribution in [3.8, 4) is 11.5 Å².